The minimum Gasteiger partial charge on any atom is -1.00 e. The topological polar surface area (TPSA) is 43.4 Å². The first-order chi connectivity index (χ1) is 3.66. The fraction of sp³-hybridized carbons (Fsp3) is 0.500. The molecule has 0 saturated heterocycles. The molecule has 0 aliphatic carbocycles. The molecule has 7 heteroatoms. The van der Waals surface area contributed by atoms with Crippen LogP contribution in [-0.2, 0) is 14.3 Å². The van der Waals surface area contributed by atoms with Gasteiger partial charge in [-0.05, 0) is 0 Å². The maximum absolute atomic E-state index is 10.0. The zero-order valence-electron chi connectivity index (χ0n) is 7.69. The second-order valence-electron chi connectivity index (χ2n) is 1.10. The van der Waals surface area contributed by atoms with E-state index in [1.165, 1.54) is 0 Å². The van der Waals surface area contributed by atoms with Crippen LogP contribution in [0.15, 0.2) is 0 Å². The van der Waals surface area contributed by atoms with Crippen LogP contribution in [0, 0.1) is 0 Å². The molecule has 3 nitrogen and oxygen atoms in total. The first kappa shape index (κ1) is 23.8. The largest absolute Gasteiger partial charge is 1.00 e. The van der Waals surface area contributed by atoms with Gasteiger partial charge in [0.15, 0.2) is 0 Å². The minimum absolute atomic E-state index is 0. The summed E-state index contributed by atoms with van der Waals surface area (Å²) in [7, 11) is 0. The molecule has 0 bridgehead atoms. The van der Waals surface area contributed by atoms with Crippen molar-refractivity contribution in [1.29, 1.82) is 0 Å². The van der Waals surface area contributed by atoms with Crippen molar-refractivity contribution in [3.63, 3.8) is 0 Å². The van der Waals surface area contributed by atoms with Crippen molar-refractivity contribution >= 4 is 23.5 Å². The Kier molecular flexibility index (Phi) is 33.8. The van der Waals surface area contributed by atoms with Gasteiger partial charge in [-0.3, -0.25) is 9.59 Å². The van der Waals surface area contributed by atoms with Crippen LogP contribution in [0.3, 0.4) is 0 Å². The van der Waals surface area contributed by atoms with E-state index in [1.54, 1.807) is 0 Å². The monoisotopic (exact) mass is 294 g/mol. The molecule has 0 aliphatic heterocycles. The predicted molar refractivity (Wildman–Crippen MR) is 28.6 cm³/mol. The van der Waals surface area contributed by atoms with Crippen LogP contribution >= 0.6 is 11.6 Å². The maximum Gasteiger partial charge on any atom is 1.00 e. The van der Waals surface area contributed by atoms with E-state index in [0.29, 0.717) is 0 Å². The van der Waals surface area contributed by atoms with E-state index < -0.39 is 11.9 Å². The molecule has 0 heterocycles. The Labute approximate surface area is 167 Å². The van der Waals surface area contributed by atoms with Crippen molar-refractivity contribution in [2.75, 3.05) is 5.88 Å². The molecule has 0 aliphatic rings. The molecule has 0 spiro atoms. The number of esters is 2. The normalized spacial score (nSPS) is 6.00. The fourth-order valence-electron chi connectivity index (χ4n) is 0.188. The summed E-state index contributed by atoms with van der Waals surface area (Å²) in [5, 5.41) is 0. The van der Waals surface area contributed by atoms with E-state index in [-0.39, 0.29) is 127 Å². The van der Waals surface area contributed by atoms with Gasteiger partial charge in [0.25, 0.3) is 0 Å². The summed E-state index contributed by atoms with van der Waals surface area (Å²) in [6.45, 7) is 1.14. The molecule has 0 saturated carbocycles. The molecule has 0 atom stereocenters. The summed E-state index contributed by atoms with van der Waals surface area (Å²) in [5.41, 5.74) is 0. The molecule has 0 rings (SSSR count). The summed E-state index contributed by atoms with van der Waals surface area (Å²) >= 11 is 4.97. The Morgan fingerprint density at radius 1 is 1.45 bits per heavy atom. The van der Waals surface area contributed by atoms with Gasteiger partial charge in [-0.2, -0.15) is 0 Å². The second-order valence-corrected chi connectivity index (χ2v) is 1.37. The van der Waals surface area contributed by atoms with Gasteiger partial charge in [-0.1, -0.05) is 0 Å². The molecule has 0 amide bonds. The van der Waals surface area contributed by atoms with Crippen molar-refractivity contribution < 1.29 is 136 Å². The van der Waals surface area contributed by atoms with Gasteiger partial charge in [0, 0.05) is 6.92 Å². The van der Waals surface area contributed by atoms with Crippen molar-refractivity contribution in [2.45, 2.75) is 6.92 Å². The van der Waals surface area contributed by atoms with Crippen LogP contribution in [-0.4, -0.2) is 17.8 Å². The average Bonchev–Trinajstić information content (AvgIpc) is 1.65. The Morgan fingerprint density at radius 3 is 1.91 bits per heavy atom. The van der Waals surface area contributed by atoms with E-state index in [1.807, 2.05) is 0 Å². The number of halogens is 2. The average molecular weight is 296 g/mol. The van der Waals surface area contributed by atoms with Gasteiger partial charge in [0.2, 0.25) is 0 Å². The molecular weight excluding hydrogens is 290 g/mol. The maximum atomic E-state index is 10.0. The van der Waals surface area contributed by atoms with Crippen LogP contribution in [0.2, 0.25) is 0 Å². The molecule has 0 aromatic heterocycles. The quantitative estimate of drug-likeness (QED) is 0.209. The molecule has 0 aromatic carbocycles. The summed E-state index contributed by atoms with van der Waals surface area (Å²) in [4.78, 5) is 20.0. The third-order valence-electron chi connectivity index (χ3n) is 0.367. The minimum atomic E-state index is -0.709. The first-order valence-electron chi connectivity index (χ1n) is 1.94. The summed E-state index contributed by atoms with van der Waals surface area (Å²) < 4.78 is 3.99. The molecular formula is C4H6BrClK2O3. The number of alkyl halides is 1. The molecule has 11 heavy (non-hydrogen) atoms. The van der Waals surface area contributed by atoms with E-state index in [0.717, 1.165) is 6.92 Å². The van der Waals surface area contributed by atoms with Crippen LogP contribution in [0.25, 0.3) is 0 Å². The Bertz CT molecular complexity index is 127. The summed E-state index contributed by atoms with van der Waals surface area (Å²) in [5.74, 6) is -1.62. The standard InChI is InChI=1S/C4H5ClO3.BrH.2K.H/c1-3(6)8-4(7)2-5;;;;/h2H2,1H3;1H;;;/q;;2*+1;-1/p-1. The predicted octanol–water partition coefficient (Wildman–Crippen LogP) is -8.56. The number of carbonyl (C=O) groups excluding carboxylic acids is 2. The number of hydrogen-bond acceptors (Lipinski definition) is 3. The second kappa shape index (κ2) is 15.6. The van der Waals surface area contributed by atoms with E-state index in [4.69, 9.17) is 11.6 Å². The van der Waals surface area contributed by atoms with Gasteiger partial charge in [-0.15, -0.1) is 11.6 Å². The molecule has 0 fully saturated rings. The van der Waals surface area contributed by atoms with Crippen LogP contribution < -0.4 is 120 Å². The fourth-order valence-corrected chi connectivity index (χ4v) is 0.242. The molecule has 0 radical (unpaired) electrons. The van der Waals surface area contributed by atoms with Gasteiger partial charge in [0.1, 0.15) is 5.88 Å². The number of hydrogen-bond donors (Lipinski definition) is 0. The molecule has 56 valence electrons. The Hall–Kier alpha value is 3.18. The Morgan fingerprint density at radius 2 is 1.82 bits per heavy atom. The van der Waals surface area contributed by atoms with Crippen molar-refractivity contribution in [1.82, 2.24) is 0 Å². The zero-order chi connectivity index (χ0) is 6.57. The van der Waals surface area contributed by atoms with E-state index in [9.17, 15) is 9.59 Å². The van der Waals surface area contributed by atoms with Crippen LogP contribution in [0.1, 0.15) is 8.35 Å². The Balaban J connectivity index is -0.0000000408. The third kappa shape index (κ3) is 19.6. The van der Waals surface area contributed by atoms with Gasteiger partial charge >= 0.3 is 115 Å². The third-order valence-corrected chi connectivity index (χ3v) is 0.585. The SMILES string of the molecule is CC(=O)OC(=O)CCl.[Br-].[H-].[K+].[K+]. The van der Waals surface area contributed by atoms with Gasteiger partial charge in [-0.25, -0.2) is 0 Å². The summed E-state index contributed by atoms with van der Waals surface area (Å²) in [6.07, 6.45) is 0. The summed E-state index contributed by atoms with van der Waals surface area (Å²) in [6, 6.07) is 0. The van der Waals surface area contributed by atoms with Crippen molar-refractivity contribution in [3.8, 4) is 0 Å². The van der Waals surface area contributed by atoms with Crippen LogP contribution in [0.4, 0.5) is 0 Å². The van der Waals surface area contributed by atoms with E-state index >= 15 is 0 Å². The number of rotatable bonds is 1. The number of ether oxygens (including phenoxy) is 1. The van der Waals surface area contributed by atoms with Crippen molar-refractivity contribution in [3.05, 3.63) is 0 Å². The molecule has 0 aromatic rings. The molecule has 0 N–H and O–H groups in total. The van der Waals surface area contributed by atoms with Crippen molar-refractivity contribution in [2.24, 2.45) is 0 Å². The smallest absolute Gasteiger partial charge is 1.00 e. The van der Waals surface area contributed by atoms with Gasteiger partial charge in [0.05, 0.1) is 0 Å². The molecule has 0 unspecified atom stereocenters. The van der Waals surface area contributed by atoms with E-state index in [2.05, 4.69) is 4.74 Å². The van der Waals surface area contributed by atoms with Crippen LogP contribution in [0.5, 0.6) is 0 Å². The first-order valence-corrected chi connectivity index (χ1v) is 2.47. The zero-order valence-corrected chi connectivity index (χ0v) is 15.3. The van der Waals surface area contributed by atoms with Gasteiger partial charge < -0.3 is 23.1 Å². The number of carbonyl (C=O) groups is 2.